The second-order valence-corrected chi connectivity index (χ2v) is 30.1. The van der Waals surface area contributed by atoms with Gasteiger partial charge in [0.25, 0.3) is 0 Å². The van der Waals surface area contributed by atoms with E-state index >= 15 is 0 Å². The van der Waals surface area contributed by atoms with Crippen LogP contribution in [0.2, 0.25) is 0 Å². The second-order valence-electron chi connectivity index (χ2n) is 24.5. The van der Waals surface area contributed by atoms with Crippen molar-refractivity contribution in [3.05, 3.63) is 154 Å². The zero-order chi connectivity index (χ0) is 57.0. The first-order chi connectivity index (χ1) is 34.5. The summed E-state index contributed by atoms with van der Waals surface area (Å²) in [7, 11) is 0. The van der Waals surface area contributed by atoms with Gasteiger partial charge in [-0.25, -0.2) is 4.39 Å². The summed E-state index contributed by atoms with van der Waals surface area (Å²) < 4.78 is 51.7. The molecule has 8 rings (SSSR count). The normalized spacial score (nSPS) is 17.0. The summed E-state index contributed by atoms with van der Waals surface area (Å²) in [5.41, 5.74) is 14.8. The molecule has 2 saturated carbocycles. The highest BCUT2D eigenvalue weighted by Crippen LogP contribution is 2.43. The van der Waals surface area contributed by atoms with Crippen LogP contribution in [0.5, 0.6) is 0 Å². The van der Waals surface area contributed by atoms with Crippen molar-refractivity contribution in [3.63, 3.8) is 0 Å². The third-order valence-corrected chi connectivity index (χ3v) is 20.0. The predicted molar refractivity (Wildman–Crippen MR) is 329 cm³/mol. The van der Waals surface area contributed by atoms with Crippen LogP contribution in [-0.4, -0.2) is 11.8 Å². The molecule has 0 amide bonds. The molecule has 0 unspecified atom stereocenters. The van der Waals surface area contributed by atoms with Crippen molar-refractivity contribution < 1.29 is 17.6 Å². The summed E-state index contributed by atoms with van der Waals surface area (Å²) in [6.45, 7) is 45.5. The molecule has 6 aromatic rings. The fourth-order valence-corrected chi connectivity index (χ4v) is 14.2. The van der Waals surface area contributed by atoms with Crippen molar-refractivity contribution in [1.29, 1.82) is 0 Å². The zero-order valence-electron chi connectivity index (χ0n) is 50.7. The van der Waals surface area contributed by atoms with Crippen LogP contribution in [0.4, 0.5) is 17.6 Å². The Morgan fingerprint density at radius 3 is 1.01 bits per heavy atom. The van der Waals surface area contributed by atoms with Gasteiger partial charge in [-0.15, -0.1) is 45.3 Å². The molecule has 0 N–H and O–H groups in total. The molecule has 0 spiro atoms. The van der Waals surface area contributed by atoms with E-state index in [-0.39, 0.29) is 6.42 Å². The number of aryl methyl sites for hydroxylation is 14. The maximum Gasteiger partial charge on any atom is 0.394 e. The summed E-state index contributed by atoms with van der Waals surface area (Å²) in [6.07, 6.45) is 7.65. The number of benzene rings is 2. The lowest BCUT2D eigenvalue weighted by Gasteiger charge is -2.31. The first kappa shape index (κ1) is 66.2. The molecule has 2 aliphatic carbocycles. The maximum atomic E-state index is 13.8. The topological polar surface area (TPSA) is 0 Å². The molecule has 75 heavy (non-hydrogen) atoms. The van der Waals surface area contributed by atoms with Gasteiger partial charge in [-0.1, -0.05) is 78.1 Å². The fraction of sp³-hybridized carbons (Fsp3) is 0.582. The highest BCUT2D eigenvalue weighted by atomic mass is 32.1. The van der Waals surface area contributed by atoms with Gasteiger partial charge in [0.2, 0.25) is 0 Å². The summed E-state index contributed by atoms with van der Waals surface area (Å²) >= 11 is 7.14. The highest BCUT2D eigenvalue weighted by Gasteiger charge is 2.47. The molecule has 8 heteroatoms. The molecule has 4 aromatic heterocycles. The van der Waals surface area contributed by atoms with Gasteiger partial charge in [-0.2, -0.15) is 13.2 Å². The Labute approximate surface area is 471 Å². The minimum atomic E-state index is -4.14. The van der Waals surface area contributed by atoms with E-state index in [1.165, 1.54) is 149 Å². The van der Waals surface area contributed by atoms with Crippen LogP contribution in [0.15, 0.2) is 48.5 Å². The van der Waals surface area contributed by atoms with Crippen molar-refractivity contribution >= 4 is 45.3 Å². The Morgan fingerprint density at radius 2 is 0.747 bits per heavy atom. The van der Waals surface area contributed by atoms with Crippen LogP contribution in [0.1, 0.15) is 217 Å². The standard InChI is InChI=1S/C16H23F.C15H22.C11H15F3S.C11H18S.2C7H10S/c1-11-9-15(10-12(2)13(11)3)14-5-7-16(4,17)8-6-14;1-11-9-15(10-12(2)13(11)3)14-7-5-4-6-8-14;1-7-5-9(15-8(7)2)6-10(3,4)11(12,13)14;1-8-6-10(12-9(8)2)7-11(3,4)5;2*1-5-4-6(2)8-7(5)3/h9-10,14H,5-8H2,1-4H3;9-10,14H,4-8H2,1-3H3;5H,6H2,1-4H3;6H,7H2,1-5H3;2*4H,1-3H3. The molecular weight excluding hydrogens is 1010 g/mol. The number of hydrogen-bond donors (Lipinski definition) is 0. The predicted octanol–water partition coefficient (Wildman–Crippen LogP) is 23.5. The van der Waals surface area contributed by atoms with Crippen molar-refractivity contribution in [1.82, 2.24) is 0 Å². The molecule has 418 valence electrons. The van der Waals surface area contributed by atoms with Gasteiger partial charge < -0.3 is 0 Å². The smallest absolute Gasteiger partial charge is 0.244 e. The fourth-order valence-electron chi connectivity index (χ4n) is 9.65. The van der Waals surface area contributed by atoms with Crippen LogP contribution in [-0.2, 0) is 12.8 Å². The number of rotatable bonds is 5. The third-order valence-electron chi connectivity index (χ3n) is 15.6. The lowest BCUT2D eigenvalue weighted by Crippen LogP contribution is -2.33. The van der Waals surface area contributed by atoms with Crippen molar-refractivity contribution in [2.45, 2.75) is 247 Å². The van der Waals surface area contributed by atoms with E-state index in [2.05, 4.69) is 160 Å². The molecule has 2 fully saturated rings. The van der Waals surface area contributed by atoms with E-state index in [1.54, 1.807) is 12.5 Å². The van der Waals surface area contributed by atoms with E-state index in [0.717, 1.165) is 34.1 Å². The number of thiophene rings is 4. The molecule has 2 aliphatic rings. The van der Waals surface area contributed by atoms with Gasteiger partial charge in [-0.3, -0.25) is 0 Å². The van der Waals surface area contributed by atoms with Crippen LogP contribution < -0.4 is 0 Å². The minimum absolute atomic E-state index is 0.0653. The first-order valence-corrected chi connectivity index (χ1v) is 30.9. The molecule has 0 aliphatic heterocycles. The number of hydrogen-bond acceptors (Lipinski definition) is 4. The summed E-state index contributed by atoms with van der Waals surface area (Å²) in [5.74, 6) is 1.41. The lowest BCUT2D eigenvalue weighted by molar-refractivity contribution is -0.210. The molecule has 0 atom stereocenters. The van der Waals surface area contributed by atoms with Crippen molar-refractivity contribution in [3.8, 4) is 0 Å². The van der Waals surface area contributed by atoms with Gasteiger partial charge in [-0.05, 0) is 277 Å². The SMILES string of the molecule is Cc1cc(C)c(C)s1.Cc1cc(C)c(C)s1.Cc1cc(C2CCC(C)(F)CC2)cc(C)c1C.Cc1cc(C2CCCCC2)cc(C)c1C.Cc1cc(CC(C)(C)C(F)(F)F)sc1C.Cc1cc(CC(C)(C)C)sc1C. The quantitative estimate of drug-likeness (QED) is 0.151. The Morgan fingerprint density at radius 1 is 0.427 bits per heavy atom. The average Bonchev–Trinajstić information content (AvgIpc) is 3.99. The molecular formula is C67H98F4S4. The van der Waals surface area contributed by atoms with Crippen LogP contribution in [0, 0.1) is 122 Å². The van der Waals surface area contributed by atoms with Gasteiger partial charge in [0, 0.05) is 39.0 Å². The van der Waals surface area contributed by atoms with Crippen LogP contribution in [0.3, 0.4) is 0 Å². The van der Waals surface area contributed by atoms with Crippen molar-refractivity contribution in [2.75, 3.05) is 0 Å². The second kappa shape index (κ2) is 28.7. The molecule has 4 heterocycles. The van der Waals surface area contributed by atoms with E-state index in [4.69, 9.17) is 0 Å². The van der Waals surface area contributed by atoms with Crippen LogP contribution in [0.25, 0.3) is 0 Å². The molecule has 0 bridgehead atoms. The third kappa shape index (κ3) is 22.0. The molecule has 0 nitrogen and oxygen atoms in total. The van der Waals surface area contributed by atoms with Crippen LogP contribution >= 0.6 is 45.3 Å². The van der Waals surface area contributed by atoms with Gasteiger partial charge in [0.1, 0.15) is 5.67 Å². The van der Waals surface area contributed by atoms with Gasteiger partial charge in [0.15, 0.2) is 0 Å². The summed E-state index contributed by atoms with van der Waals surface area (Å²) in [5, 5.41) is 0. The first-order valence-electron chi connectivity index (χ1n) is 27.6. The molecule has 2 aromatic carbocycles. The average molecular weight is 1110 g/mol. The Balaban J connectivity index is 0.000000242. The monoisotopic (exact) mass is 1110 g/mol. The van der Waals surface area contributed by atoms with E-state index < -0.39 is 17.3 Å². The Kier molecular flexibility index (Phi) is 25.4. The largest absolute Gasteiger partial charge is 0.394 e. The summed E-state index contributed by atoms with van der Waals surface area (Å²) in [4.78, 5) is 10.6. The number of halogens is 4. The Hall–Kier alpha value is -3.04. The lowest BCUT2D eigenvalue weighted by atomic mass is 9.77. The summed E-state index contributed by atoms with van der Waals surface area (Å²) in [6, 6.07) is 18.1. The highest BCUT2D eigenvalue weighted by molar-refractivity contribution is 7.12. The van der Waals surface area contributed by atoms with E-state index in [9.17, 15) is 17.6 Å². The molecule has 0 radical (unpaired) electrons. The van der Waals surface area contributed by atoms with E-state index in [0.29, 0.717) is 24.2 Å². The number of alkyl halides is 4. The van der Waals surface area contributed by atoms with Gasteiger partial charge >= 0.3 is 6.18 Å². The zero-order valence-corrected chi connectivity index (χ0v) is 54.0. The maximum absolute atomic E-state index is 13.8. The van der Waals surface area contributed by atoms with E-state index in [1.807, 2.05) is 53.9 Å². The Bertz CT molecular complexity index is 2520. The van der Waals surface area contributed by atoms with Gasteiger partial charge in [0.05, 0.1) is 5.41 Å². The minimum Gasteiger partial charge on any atom is -0.244 e. The van der Waals surface area contributed by atoms with Crippen molar-refractivity contribution in [2.24, 2.45) is 10.8 Å². The molecule has 0 saturated heterocycles.